The van der Waals surface area contributed by atoms with Crippen LogP contribution in [0.1, 0.15) is 44.9 Å². The number of hydrogen-bond donors (Lipinski definition) is 0. The van der Waals surface area contributed by atoms with E-state index in [1.807, 2.05) is 0 Å². The molecule has 4 rings (SSSR count). The van der Waals surface area contributed by atoms with Crippen LogP contribution in [0.3, 0.4) is 0 Å². The molecule has 0 spiro atoms. The molecule has 4 aliphatic rings. The fourth-order valence-electron chi connectivity index (χ4n) is 4.18. The van der Waals surface area contributed by atoms with Crippen LogP contribution >= 0.6 is 0 Å². The van der Waals surface area contributed by atoms with E-state index in [9.17, 15) is 0 Å². The van der Waals surface area contributed by atoms with Gasteiger partial charge in [0.1, 0.15) is 0 Å². The lowest BCUT2D eigenvalue weighted by Crippen LogP contribution is -2.24. The summed E-state index contributed by atoms with van der Waals surface area (Å²) < 4.78 is 5.64. The molecule has 1 heterocycles. The molecule has 1 nitrogen and oxygen atoms in total. The van der Waals surface area contributed by atoms with Gasteiger partial charge in [-0.1, -0.05) is 0 Å². The van der Waals surface area contributed by atoms with Crippen LogP contribution in [-0.4, -0.2) is 12.2 Å². The third kappa shape index (κ3) is 1.25. The van der Waals surface area contributed by atoms with Crippen LogP contribution in [-0.2, 0) is 4.74 Å². The molecule has 1 heteroatoms. The van der Waals surface area contributed by atoms with Crippen LogP contribution < -0.4 is 0 Å². The number of fused-ring (bicyclic) bond motifs is 2. The Labute approximate surface area is 86.2 Å². The Morgan fingerprint density at radius 2 is 1.21 bits per heavy atom. The van der Waals surface area contributed by atoms with Gasteiger partial charge in [0.25, 0.3) is 0 Å². The topological polar surface area (TPSA) is 12.5 Å². The molecule has 0 amide bonds. The fraction of sp³-hybridized carbons (Fsp3) is 1.00. The zero-order chi connectivity index (χ0) is 9.12. The average Bonchev–Trinajstić information content (AvgIpc) is 3.10. The smallest absolute Gasteiger partial charge is 0.0844 e. The molecule has 0 aromatic carbocycles. The van der Waals surface area contributed by atoms with Gasteiger partial charge >= 0.3 is 0 Å². The highest BCUT2D eigenvalue weighted by Crippen LogP contribution is 2.55. The van der Waals surface area contributed by atoms with Gasteiger partial charge in [0.15, 0.2) is 0 Å². The lowest BCUT2D eigenvalue weighted by molar-refractivity contribution is 0.199. The molecule has 0 radical (unpaired) electrons. The molecule has 3 aliphatic carbocycles. The highest BCUT2D eigenvalue weighted by molar-refractivity contribution is 4.98. The molecule has 0 bridgehead atoms. The summed E-state index contributed by atoms with van der Waals surface area (Å²) in [5.41, 5.74) is 0. The first-order valence-corrected chi connectivity index (χ1v) is 6.55. The summed E-state index contributed by atoms with van der Waals surface area (Å²) in [4.78, 5) is 0. The largest absolute Gasteiger partial charge is 0.370 e. The van der Waals surface area contributed by atoms with Crippen LogP contribution in [0.4, 0.5) is 0 Å². The molecular weight excluding hydrogens is 172 g/mol. The number of rotatable bonds is 1. The fourth-order valence-corrected chi connectivity index (χ4v) is 4.18. The molecular formula is C13H20O. The summed E-state index contributed by atoms with van der Waals surface area (Å²) in [6.45, 7) is 0. The zero-order valence-corrected chi connectivity index (χ0v) is 8.82. The Kier molecular flexibility index (Phi) is 1.60. The highest BCUT2D eigenvalue weighted by atomic mass is 16.6. The van der Waals surface area contributed by atoms with Gasteiger partial charge in [0.2, 0.25) is 0 Å². The molecule has 1 saturated heterocycles. The Hall–Kier alpha value is -0.0400. The Balaban J connectivity index is 1.41. The van der Waals surface area contributed by atoms with Gasteiger partial charge in [-0.25, -0.2) is 0 Å². The summed E-state index contributed by atoms with van der Waals surface area (Å²) in [5.74, 6) is 4.45. The molecule has 0 aromatic heterocycles. The number of epoxide rings is 1. The monoisotopic (exact) mass is 192 g/mol. The van der Waals surface area contributed by atoms with Crippen LogP contribution in [0, 0.1) is 23.7 Å². The molecule has 0 N–H and O–H groups in total. The van der Waals surface area contributed by atoms with Crippen molar-refractivity contribution in [2.24, 2.45) is 23.7 Å². The SMILES string of the molecule is C1CC(C2CCC3OC3C2)CC2CC12. The van der Waals surface area contributed by atoms with Crippen molar-refractivity contribution in [3.8, 4) is 0 Å². The maximum absolute atomic E-state index is 5.64. The number of ether oxygens (including phenoxy) is 1. The van der Waals surface area contributed by atoms with Crippen LogP contribution in [0.5, 0.6) is 0 Å². The van der Waals surface area contributed by atoms with Crippen LogP contribution in [0.15, 0.2) is 0 Å². The van der Waals surface area contributed by atoms with Gasteiger partial charge in [-0.15, -0.1) is 0 Å². The molecule has 0 aromatic rings. The predicted octanol–water partition coefficient (Wildman–Crippen LogP) is 2.99. The first-order valence-electron chi connectivity index (χ1n) is 6.55. The second kappa shape index (κ2) is 2.75. The van der Waals surface area contributed by atoms with Crippen LogP contribution in [0.2, 0.25) is 0 Å². The minimum atomic E-state index is 0.698. The van der Waals surface area contributed by atoms with E-state index in [2.05, 4.69) is 0 Å². The van der Waals surface area contributed by atoms with Crippen molar-refractivity contribution in [2.75, 3.05) is 0 Å². The van der Waals surface area contributed by atoms with Crippen molar-refractivity contribution in [2.45, 2.75) is 57.2 Å². The minimum Gasteiger partial charge on any atom is -0.370 e. The predicted molar refractivity (Wildman–Crippen MR) is 54.9 cm³/mol. The molecule has 4 fully saturated rings. The van der Waals surface area contributed by atoms with Crippen LogP contribution in [0.25, 0.3) is 0 Å². The summed E-state index contributed by atoms with van der Waals surface area (Å²) in [5, 5.41) is 0. The van der Waals surface area contributed by atoms with E-state index in [0.29, 0.717) is 12.2 Å². The third-order valence-corrected chi connectivity index (χ3v) is 5.29. The quantitative estimate of drug-likeness (QED) is 0.582. The molecule has 14 heavy (non-hydrogen) atoms. The lowest BCUT2D eigenvalue weighted by Gasteiger charge is -2.31. The molecule has 3 saturated carbocycles. The van der Waals surface area contributed by atoms with E-state index in [-0.39, 0.29) is 0 Å². The Morgan fingerprint density at radius 1 is 0.571 bits per heavy atom. The van der Waals surface area contributed by atoms with Gasteiger partial charge in [0.05, 0.1) is 12.2 Å². The second-order valence-electron chi connectivity index (χ2n) is 6.12. The van der Waals surface area contributed by atoms with E-state index in [0.717, 1.165) is 17.8 Å². The molecule has 78 valence electrons. The van der Waals surface area contributed by atoms with Crippen molar-refractivity contribution < 1.29 is 4.74 Å². The summed E-state index contributed by atoms with van der Waals surface area (Å²) in [6.07, 6.45) is 11.9. The summed E-state index contributed by atoms with van der Waals surface area (Å²) >= 11 is 0. The van der Waals surface area contributed by atoms with E-state index in [1.165, 1.54) is 25.2 Å². The van der Waals surface area contributed by atoms with E-state index in [4.69, 9.17) is 4.74 Å². The Bertz CT molecular complexity index is 224. The van der Waals surface area contributed by atoms with Gasteiger partial charge in [-0.2, -0.15) is 0 Å². The lowest BCUT2D eigenvalue weighted by atomic mass is 9.73. The van der Waals surface area contributed by atoms with E-state index < -0.39 is 0 Å². The molecule has 6 unspecified atom stereocenters. The second-order valence-corrected chi connectivity index (χ2v) is 6.12. The first kappa shape index (κ1) is 8.15. The standard InChI is InChI=1S/C13H20O/c1-2-9-6-11(9)5-8(1)10-3-4-12-13(7-10)14-12/h8-13H,1-7H2. The maximum atomic E-state index is 5.64. The number of hydrogen-bond acceptors (Lipinski definition) is 1. The van der Waals surface area contributed by atoms with Crippen molar-refractivity contribution in [1.29, 1.82) is 0 Å². The maximum Gasteiger partial charge on any atom is 0.0844 e. The highest BCUT2D eigenvalue weighted by Gasteiger charge is 2.49. The zero-order valence-electron chi connectivity index (χ0n) is 8.82. The van der Waals surface area contributed by atoms with Gasteiger partial charge in [-0.3, -0.25) is 0 Å². The Morgan fingerprint density at radius 3 is 1.93 bits per heavy atom. The van der Waals surface area contributed by atoms with E-state index >= 15 is 0 Å². The summed E-state index contributed by atoms with van der Waals surface area (Å²) in [6, 6.07) is 0. The van der Waals surface area contributed by atoms with Gasteiger partial charge in [-0.05, 0) is 68.6 Å². The van der Waals surface area contributed by atoms with Crippen molar-refractivity contribution in [1.82, 2.24) is 0 Å². The minimum absolute atomic E-state index is 0.698. The average molecular weight is 192 g/mol. The first-order chi connectivity index (χ1) is 6.90. The van der Waals surface area contributed by atoms with E-state index in [1.54, 1.807) is 25.7 Å². The van der Waals surface area contributed by atoms with Crippen molar-refractivity contribution in [3.63, 3.8) is 0 Å². The van der Waals surface area contributed by atoms with Crippen molar-refractivity contribution in [3.05, 3.63) is 0 Å². The summed E-state index contributed by atoms with van der Waals surface area (Å²) in [7, 11) is 0. The van der Waals surface area contributed by atoms with Gasteiger partial charge < -0.3 is 4.74 Å². The third-order valence-electron chi connectivity index (χ3n) is 5.29. The van der Waals surface area contributed by atoms with Gasteiger partial charge in [0, 0.05) is 0 Å². The molecule has 1 aliphatic heterocycles. The van der Waals surface area contributed by atoms with Crippen molar-refractivity contribution >= 4 is 0 Å². The normalized spacial score (nSPS) is 60.0. The molecule has 6 atom stereocenters.